The Labute approximate surface area is 241 Å². The SMILES string of the molecule is Cc1c(-n2c(-c3cccnc3N)nc3ccc(-c4ccccc4)nc32)ccc(NC(=O)C2CCC(C(=O)O)CC2)c1F. The molecule has 0 aliphatic heterocycles. The molecule has 0 radical (unpaired) electrons. The summed E-state index contributed by atoms with van der Waals surface area (Å²) in [7, 11) is 0. The quantitative estimate of drug-likeness (QED) is 0.230. The Morgan fingerprint density at radius 1 is 0.952 bits per heavy atom. The van der Waals surface area contributed by atoms with Crippen LogP contribution in [0.5, 0.6) is 0 Å². The van der Waals surface area contributed by atoms with Crippen molar-refractivity contribution >= 4 is 34.5 Å². The summed E-state index contributed by atoms with van der Waals surface area (Å²) in [5.41, 5.74) is 10.4. The van der Waals surface area contributed by atoms with Crippen molar-refractivity contribution in [2.45, 2.75) is 32.6 Å². The summed E-state index contributed by atoms with van der Waals surface area (Å²) in [5.74, 6) is -1.78. The van der Waals surface area contributed by atoms with Crippen LogP contribution in [0.25, 0.3) is 39.5 Å². The predicted octanol–water partition coefficient (Wildman–Crippen LogP) is 6.01. The Morgan fingerprint density at radius 2 is 1.69 bits per heavy atom. The predicted molar refractivity (Wildman–Crippen MR) is 158 cm³/mol. The smallest absolute Gasteiger partial charge is 0.306 e. The number of carboxylic acid groups (broad SMARTS) is 1. The molecule has 1 aliphatic rings. The Kier molecular flexibility index (Phi) is 7.12. The van der Waals surface area contributed by atoms with Crippen molar-refractivity contribution in [3.63, 3.8) is 0 Å². The molecule has 0 saturated heterocycles. The van der Waals surface area contributed by atoms with Gasteiger partial charge >= 0.3 is 5.97 Å². The van der Waals surface area contributed by atoms with Gasteiger partial charge in [-0.15, -0.1) is 0 Å². The highest BCUT2D eigenvalue weighted by Crippen LogP contribution is 2.35. The van der Waals surface area contributed by atoms with Crippen LogP contribution in [-0.4, -0.2) is 36.5 Å². The zero-order chi connectivity index (χ0) is 29.4. The topological polar surface area (TPSA) is 136 Å². The van der Waals surface area contributed by atoms with Gasteiger partial charge in [0.05, 0.1) is 28.6 Å². The van der Waals surface area contributed by atoms with E-state index < -0.39 is 17.7 Å². The summed E-state index contributed by atoms with van der Waals surface area (Å²) in [6.45, 7) is 1.64. The van der Waals surface area contributed by atoms with E-state index in [4.69, 9.17) is 15.7 Å². The fourth-order valence-corrected chi connectivity index (χ4v) is 5.59. The number of rotatable bonds is 6. The molecular weight excluding hydrogens is 535 g/mol. The van der Waals surface area contributed by atoms with Crippen molar-refractivity contribution in [2.75, 3.05) is 11.1 Å². The molecule has 10 heteroatoms. The van der Waals surface area contributed by atoms with Gasteiger partial charge in [-0.05, 0) is 69.0 Å². The van der Waals surface area contributed by atoms with E-state index in [-0.39, 0.29) is 28.9 Å². The number of imidazole rings is 1. The summed E-state index contributed by atoms with van der Waals surface area (Å²) >= 11 is 0. The highest BCUT2D eigenvalue weighted by atomic mass is 19.1. The molecule has 0 bridgehead atoms. The Morgan fingerprint density at radius 3 is 2.40 bits per heavy atom. The van der Waals surface area contributed by atoms with Crippen molar-refractivity contribution < 1.29 is 19.1 Å². The van der Waals surface area contributed by atoms with Crippen molar-refractivity contribution in [2.24, 2.45) is 11.8 Å². The van der Waals surface area contributed by atoms with Gasteiger partial charge in [-0.2, -0.15) is 0 Å². The maximum absolute atomic E-state index is 15.9. The number of nitrogen functional groups attached to an aromatic ring is 1. The number of aliphatic carboxylic acids is 1. The van der Waals surface area contributed by atoms with Crippen molar-refractivity contribution in [3.05, 3.63) is 84.3 Å². The molecule has 2 aromatic carbocycles. The van der Waals surface area contributed by atoms with E-state index in [1.807, 2.05) is 42.5 Å². The largest absolute Gasteiger partial charge is 0.481 e. The van der Waals surface area contributed by atoms with E-state index in [1.54, 1.807) is 35.9 Å². The number of carbonyl (C=O) groups excluding carboxylic acids is 1. The molecule has 3 heterocycles. The van der Waals surface area contributed by atoms with Gasteiger partial charge in [0.1, 0.15) is 11.3 Å². The number of amides is 1. The van der Waals surface area contributed by atoms with Crippen molar-refractivity contribution in [1.82, 2.24) is 19.5 Å². The third-order valence-electron chi connectivity index (χ3n) is 7.96. The standard InChI is InChI=1S/C32H29FN6O3/c1-18-26(16-15-24(27(18)33)38-31(40)20-9-11-21(12-10-20)32(41)42)39-29(22-8-5-17-35-28(22)34)37-25-14-13-23(36-30(25)39)19-6-3-2-4-7-19/h2-8,13-17,20-21H,9-12H2,1H3,(H2,34,35)(H,38,40)(H,41,42). The number of halogens is 1. The fraction of sp³-hybridized carbons (Fsp3) is 0.219. The molecule has 1 fully saturated rings. The van der Waals surface area contributed by atoms with Gasteiger partial charge in [-0.1, -0.05) is 30.3 Å². The molecule has 9 nitrogen and oxygen atoms in total. The van der Waals surface area contributed by atoms with Gasteiger partial charge in [0.15, 0.2) is 17.3 Å². The number of carboxylic acids is 1. The second-order valence-electron chi connectivity index (χ2n) is 10.6. The fourth-order valence-electron chi connectivity index (χ4n) is 5.59. The molecule has 0 atom stereocenters. The molecule has 1 aliphatic carbocycles. The third-order valence-corrected chi connectivity index (χ3v) is 7.96. The van der Waals surface area contributed by atoms with Crippen molar-refractivity contribution in [1.29, 1.82) is 0 Å². The number of anilines is 2. The lowest BCUT2D eigenvalue weighted by atomic mass is 9.81. The Hall–Kier alpha value is -5.12. The Balaban J connectivity index is 1.41. The van der Waals surface area contributed by atoms with E-state index in [0.29, 0.717) is 53.9 Å². The minimum atomic E-state index is -0.837. The van der Waals surface area contributed by atoms with Crippen molar-refractivity contribution in [3.8, 4) is 28.3 Å². The van der Waals surface area contributed by atoms with Crippen LogP contribution in [0.4, 0.5) is 15.9 Å². The molecule has 42 heavy (non-hydrogen) atoms. The van der Waals surface area contributed by atoms with E-state index >= 15 is 4.39 Å². The van der Waals surface area contributed by atoms with Gasteiger partial charge in [-0.25, -0.2) is 19.3 Å². The van der Waals surface area contributed by atoms with E-state index in [0.717, 1.165) is 11.3 Å². The number of aromatic nitrogens is 4. The number of hydrogen-bond donors (Lipinski definition) is 3. The lowest BCUT2D eigenvalue weighted by Gasteiger charge is -2.25. The first-order chi connectivity index (χ1) is 20.3. The van der Waals surface area contributed by atoms with E-state index in [9.17, 15) is 14.7 Å². The molecule has 0 spiro atoms. The highest BCUT2D eigenvalue weighted by molar-refractivity contribution is 5.93. The summed E-state index contributed by atoms with van der Waals surface area (Å²) in [6, 6.07) is 20.3. The number of nitrogens with two attached hydrogens (primary N) is 1. The summed E-state index contributed by atoms with van der Waals surface area (Å²) < 4.78 is 17.7. The van der Waals surface area contributed by atoms with Crippen LogP contribution in [0.2, 0.25) is 0 Å². The minimum absolute atomic E-state index is 0.0615. The van der Waals surface area contributed by atoms with Crippen LogP contribution in [0, 0.1) is 24.6 Å². The van der Waals surface area contributed by atoms with Crippen LogP contribution in [0.1, 0.15) is 31.2 Å². The van der Waals surface area contributed by atoms with Crippen LogP contribution in [0.15, 0.2) is 72.9 Å². The molecule has 0 unspecified atom stereocenters. The van der Waals surface area contributed by atoms with Crippen LogP contribution < -0.4 is 11.1 Å². The second kappa shape index (κ2) is 11.0. The summed E-state index contributed by atoms with van der Waals surface area (Å²) in [4.78, 5) is 38.2. The number of nitrogens with zero attached hydrogens (tertiary/aromatic N) is 4. The van der Waals surface area contributed by atoms with Gasteiger partial charge in [0.25, 0.3) is 0 Å². The van der Waals surface area contributed by atoms with Gasteiger partial charge in [0, 0.05) is 23.2 Å². The molecule has 1 amide bonds. The van der Waals surface area contributed by atoms with Crippen LogP contribution in [-0.2, 0) is 9.59 Å². The van der Waals surface area contributed by atoms with Gasteiger partial charge in [0.2, 0.25) is 5.91 Å². The van der Waals surface area contributed by atoms with Crippen LogP contribution in [0.3, 0.4) is 0 Å². The molecule has 3 aromatic heterocycles. The normalized spacial score (nSPS) is 16.8. The van der Waals surface area contributed by atoms with Gasteiger partial charge in [-0.3, -0.25) is 14.2 Å². The maximum Gasteiger partial charge on any atom is 0.306 e. The maximum atomic E-state index is 15.9. The minimum Gasteiger partial charge on any atom is -0.481 e. The molecule has 6 rings (SSSR count). The lowest BCUT2D eigenvalue weighted by molar-refractivity contribution is -0.143. The van der Waals surface area contributed by atoms with Crippen LogP contribution >= 0.6 is 0 Å². The van der Waals surface area contributed by atoms with E-state index in [2.05, 4.69) is 10.3 Å². The number of benzene rings is 2. The zero-order valence-electron chi connectivity index (χ0n) is 22.9. The lowest BCUT2D eigenvalue weighted by Crippen LogP contribution is -2.29. The summed E-state index contributed by atoms with van der Waals surface area (Å²) in [5, 5.41) is 12.0. The monoisotopic (exact) mass is 564 g/mol. The number of hydrogen-bond acceptors (Lipinski definition) is 6. The third kappa shape index (κ3) is 4.96. The number of carbonyl (C=O) groups is 2. The molecule has 4 N–H and O–H groups in total. The number of pyridine rings is 2. The number of nitrogens with one attached hydrogen (secondary N) is 1. The van der Waals surface area contributed by atoms with E-state index in [1.165, 1.54) is 6.07 Å². The first kappa shape index (κ1) is 27.1. The zero-order valence-corrected chi connectivity index (χ0v) is 22.9. The number of fused-ring (bicyclic) bond motifs is 1. The molecule has 5 aromatic rings. The highest BCUT2D eigenvalue weighted by Gasteiger charge is 2.30. The molecule has 212 valence electrons. The molecule has 1 saturated carbocycles. The first-order valence-corrected chi connectivity index (χ1v) is 13.8. The average molecular weight is 565 g/mol. The summed E-state index contributed by atoms with van der Waals surface area (Å²) in [6.07, 6.45) is 3.36. The Bertz CT molecular complexity index is 1810. The average Bonchev–Trinajstić information content (AvgIpc) is 3.38. The van der Waals surface area contributed by atoms with Gasteiger partial charge < -0.3 is 16.2 Å². The molecular formula is C32H29FN6O3. The second-order valence-corrected chi connectivity index (χ2v) is 10.6. The first-order valence-electron chi connectivity index (χ1n) is 13.8.